The molecule has 0 radical (unpaired) electrons. The van der Waals surface area contributed by atoms with Crippen LogP contribution < -0.4 is 15.9 Å². The van der Waals surface area contributed by atoms with Crippen LogP contribution in [-0.2, 0) is 16.6 Å². The second kappa shape index (κ2) is 7.71. The van der Waals surface area contributed by atoms with E-state index in [0.717, 1.165) is 5.56 Å². The summed E-state index contributed by atoms with van der Waals surface area (Å²) in [6.07, 6.45) is 0. The lowest BCUT2D eigenvalue weighted by atomic mass is 10.1. The SMILES string of the molecule is C/C(=N/NC(N)=O)c1ccc(S(=O)(=O)NCc2ccccc2)cc1. The zero-order chi connectivity index (χ0) is 17.6. The molecule has 2 rings (SSSR count). The molecule has 0 bridgehead atoms. The topological polar surface area (TPSA) is 114 Å². The number of hydrogen-bond acceptors (Lipinski definition) is 4. The van der Waals surface area contributed by atoms with Gasteiger partial charge in [0, 0.05) is 6.54 Å². The fraction of sp³-hybridized carbons (Fsp3) is 0.125. The molecule has 2 aromatic rings. The molecule has 0 fully saturated rings. The highest BCUT2D eigenvalue weighted by Gasteiger charge is 2.13. The molecule has 0 atom stereocenters. The van der Waals surface area contributed by atoms with Gasteiger partial charge in [-0.3, -0.25) is 0 Å². The predicted octanol–water partition coefficient (Wildman–Crippen LogP) is 1.56. The number of nitrogens with zero attached hydrogens (tertiary/aromatic N) is 1. The third-order valence-corrected chi connectivity index (χ3v) is 4.64. The maximum absolute atomic E-state index is 12.3. The number of urea groups is 1. The third kappa shape index (κ3) is 4.90. The van der Waals surface area contributed by atoms with E-state index in [-0.39, 0.29) is 11.4 Å². The molecule has 8 heteroatoms. The van der Waals surface area contributed by atoms with E-state index in [1.807, 2.05) is 30.3 Å². The minimum Gasteiger partial charge on any atom is -0.350 e. The molecule has 2 aromatic carbocycles. The number of primary amides is 1. The molecular weight excluding hydrogens is 328 g/mol. The Balaban J connectivity index is 2.08. The largest absolute Gasteiger partial charge is 0.350 e. The van der Waals surface area contributed by atoms with Crippen molar-refractivity contribution in [1.29, 1.82) is 0 Å². The van der Waals surface area contributed by atoms with Crippen molar-refractivity contribution in [3.8, 4) is 0 Å². The van der Waals surface area contributed by atoms with E-state index in [0.29, 0.717) is 11.3 Å². The van der Waals surface area contributed by atoms with Crippen LogP contribution >= 0.6 is 0 Å². The second-order valence-corrected chi connectivity index (χ2v) is 6.77. The van der Waals surface area contributed by atoms with E-state index in [1.54, 1.807) is 19.1 Å². The number of benzene rings is 2. The molecule has 0 aliphatic rings. The Morgan fingerprint density at radius 3 is 2.29 bits per heavy atom. The van der Waals surface area contributed by atoms with E-state index in [9.17, 15) is 13.2 Å². The molecule has 0 heterocycles. The fourth-order valence-corrected chi connectivity index (χ4v) is 2.95. The van der Waals surface area contributed by atoms with Crippen molar-refractivity contribution < 1.29 is 13.2 Å². The third-order valence-electron chi connectivity index (χ3n) is 3.23. The Morgan fingerprint density at radius 2 is 1.71 bits per heavy atom. The molecule has 0 aliphatic carbocycles. The van der Waals surface area contributed by atoms with Crippen molar-refractivity contribution in [3.05, 3.63) is 65.7 Å². The summed E-state index contributed by atoms with van der Waals surface area (Å²) < 4.78 is 27.1. The summed E-state index contributed by atoms with van der Waals surface area (Å²) in [5.41, 5.74) is 9.11. The average Bonchev–Trinajstić information content (AvgIpc) is 2.59. The molecule has 0 spiro atoms. The Bertz CT molecular complexity index is 831. The van der Waals surface area contributed by atoms with Crippen LogP contribution in [0.4, 0.5) is 4.79 Å². The molecule has 0 saturated heterocycles. The highest BCUT2D eigenvalue weighted by Crippen LogP contribution is 2.12. The van der Waals surface area contributed by atoms with Crippen LogP contribution in [0.1, 0.15) is 18.1 Å². The van der Waals surface area contributed by atoms with E-state index >= 15 is 0 Å². The van der Waals surface area contributed by atoms with Gasteiger partial charge in [0.25, 0.3) is 0 Å². The smallest absolute Gasteiger partial charge is 0.332 e. The van der Waals surface area contributed by atoms with Gasteiger partial charge in [0.15, 0.2) is 0 Å². The van der Waals surface area contributed by atoms with Crippen molar-refractivity contribution in [3.63, 3.8) is 0 Å². The van der Waals surface area contributed by atoms with Gasteiger partial charge in [-0.1, -0.05) is 42.5 Å². The molecule has 0 unspecified atom stereocenters. The zero-order valence-corrected chi connectivity index (χ0v) is 13.9. The highest BCUT2D eigenvalue weighted by atomic mass is 32.2. The molecule has 4 N–H and O–H groups in total. The molecular formula is C16H18N4O3S. The van der Waals surface area contributed by atoms with Crippen molar-refractivity contribution in [2.45, 2.75) is 18.4 Å². The van der Waals surface area contributed by atoms with Crippen molar-refractivity contribution >= 4 is 21.8 Å². The zero-order valence-electron chi connectivity index (χ0n) is 13.1. The summed E-state index contributed by atoms with van der Waals surface area (Å²) in [6.45, 7) is 1.89. The lowest BCUT2D eigenvalue weighted by Gasteiger charge is -2.08. The van der Waals surface area contributed by atoms with E-state index in [1.165, 1.54) is 12.1 Å². The molecule has 126 valence electrons. The van der Waals surface area contributed by atoms with E-state index < -0.39 is 16.1 Å². The number of amides is 2. The number of nitrogens with one attached hydrogen (secondary N) is 2. The molecule has 2 amide bonds. The van der Waals surface area contributed by atoms with E-state index in [2.05, 4.69) is 15.2 Å². The standard InChI is InChI=1S/C16H18N4O3S/c1-12(19-20-16(17)21)14-7-9-15(10-8-14)24(22,23)18-11-13-5-3-2-4-6-13/h2-10,18H,11H2,1H3,(H3,17,20,21)/b19-12-. The van der Waals surface area contributed by atoms with Crippen molar-refractivity contribution in [2.75, 3.05) is 0 Å². The van der Waals surface area contributed by atoms with Gasteiger partial charge in [0.2, 0.25) is 10.0 Å². The first kappa shape index (κ1) is 17.6. The lowest BCUT2D eigenvalue weighted by Crippen LogP contribution is -2.25. The van der Waals surface area contributed by atoms with Crippen LogP contribution in [0.25, 0.3) is 0 Å². The summed E-state index contributed by atoms with van der Waals surface area (Å²) in [6, 6.07) is 14.7. The average molecular weight is 346 g/mol. The number of rotatable bonds is 6. The molecule has 0 saturated carbocycles. The summed E-state index contributed by atoms with van der Waals surface area (Å²) in [7, 11) is -3.61. The Kier molecular flexibility index (Phi) is 5.67. The Labute approximate surface area is 140 Å². The summed E-state index contributed by atoms with van der Waals surface area (Å²) in [5, 5.41) is 3.79. The Hall–Kier alpha value is -2.71. The fourth-order valence-electron chi connectivity index (χ4n) is 1.94. The van der Waals surface area contributed by atoms with Crippen LogP contribution in [0.5, 0.6) is 0 Å². The number of nitrogens with two attached hydrogens (primary N) is 1. The van der Waals surface area contributed by atoms with Gasteiger partial charge in [0.1, 0.15) is 0 Å². The molecule has 0 aromatic heterocycles. The summed E-state index contributed by atoms with van der Waals surface area (Å²) in [4.78, 5) is 10.8. The van der Waals surface area contributed by atoms with Crippen molar-refractivity contribution in [2.24, 2.45) is 10.8 Å². The van der Waals surface area contributed by atoms with Gasteiger partial charge in [-0.25, -0.2) is 23.4 Å². The van der Waals surface area contributed by atoms with Gasteiger partial charge in [-0.2, -0.15) is 5.10 Å². The first-order valence-corrected chi connectivity index (χ1v) is 8.60. The quantitative estimate of drug-likeness (QED) is 0.545. The summed E-state index contributed by atoms with van der Waals surface area (Å²) >= 11 is 0. The van der Waals surface area contributed by atoms with Crippen LogP contribution in [0.15, 0.2) is 64.6 Å². The first-order valence-electron chi connectivity index (χ1n) is 7.12. The minimum absolute atomic E-state index is 0.151. The monoisotopic (exact) mass is 346 g/mol. The molecule has 7 nitrogen and oxygen atoms in total. The predicted molar refractivity (Wildman–Crippen MR) is 91.8 cm³/mol. The first-order chi connectivity index (χ1) is 11.4. The number of carbonyl (C=O) groups is 1. The van der Waals surface area contributed by atoms with E-state index in [4.69, 9.17) is 5.73 Å². The highest BCUT2D eigenvalue weighted by molar-refractivity contribution is 7.89. The van der Waals surface area contributed by atoms with Crippen LogP contribution in [-0.4, -0.2) is 20.2 Å². The number of hydrogen-bond donors (Lipinski definition) is 3. The molecule has 24 heavy (non-hydrogen) atoms. The molecule has 0 aliphatic heterocycles. The summed E-state index contributed by atoms with van der Waals surface area (Å²) in [5.74, 6) is 0. The number of sulfonamides is 1. The van der Waals surface area contributed by atoms with Gasteiger partial charge in [-0.05, 0) is 30.2 Å². The lowest BCUT2D eigenvalue weighted by molar-refractivity contribution is 0.249. The Morgan fingerprint density at radius 1 is 1.08 bits per heavy atom. The van der Waals surface area contributed by atoms with Crippen LogP contribution in [0, 0.1) is 0 Å². The number of hydrazone groups is 1. The number of carbonyl (C=O) groups excluding carboxylic acids is 1. The normalized spacial score (nSPS) is 12.0. The van der Waals surface area contributed by atoms with Crippen LogP contribution in [0.2, 0.25) is 0 Å². The van der Waals surface area contributed by atoms with Gasteiger partial charge in [0.05, 0.1) is 10.6 Å². The van der Waals surface area contributed by atoms with Gasteiger partial charge in [-0.15, -0.1) is 0 Å². The van der Waals surface area contributed by atoms with Gasteiger partial charge < -0.3 is 5.73 Å². The maximum Gasteiger partial charge on any atom is 0.332 e. The van der Waals surface area contributed by atoms with Crippen molar-refractivity contribution in [1.82, 2.24) is 10.1 Å². The maximum atomic E-state index is 12.3. The second-order valence-electron chi connectivity index (χ2n) is 5.01. The van der Waals surface area contributed by atoms with Crippen LogP contribution in [0.3, 0.4) is 0 Å². The minimum atomic E-state index is -3.61. The van der Waals surface area contributed by atoms with Gasteiger partial charge >= 0.3 is 6.03 Å².